The molecule has 0 spiro atoms. The first-order chi connectivity index (χ1) is 11.5. The molecule has 0 saturated carbocycles. The van der Waals surface area contributed by atoms with E-state index in [1.807, 2.05) is 32.0 Å². The number of amides is 1. The van der Waals surface area contributed by atoms with Crippen LogP contribution in [0.1, 0.15) is 33.2 Å². The number of ether oxygens (including phenoxy) is 2. The molecule has 24 heavy (non-hydrogen) atoms. The van der Waals surface area contributed by atoms with Gasteiger partial charge in [0.2, 0.25) is 0 Å². The molecule has 0 radical (unpaired) electrons. The molecule has 5 nitrogen and oxygen atoms in total. The lowest BCUT2D eigenvalue weighted by Gasteiger charge is -2.17. The smallest absolute Gasteiger partial charge is 0.251 e. The molecule has 0 aliphatic carbocycles. The van der Waals surface area contributed by atoms with E-state index in [0.717, 1.165) is 11.1 Å². The van der Waals surface area contributed by atoms with Gasteiger partial charge in [-0.15, -0.1) is 0 Å². The largest absolute Gasteiger partial charge is 0.497 e. The zero-order valence-corrected chi connectivity index (χ0v) is 14.4. The molecule has 1 atom stereocenters. The molecule has 1 amide bonds. The van der Waals surface area contributed by atoms with Crippen molar-refractivity contribution in [3.05, 3.63) is 58.7 Å². The Kier molecular flexibility index (Phi) is 5.82. The van der Waals surface area contributed by atoms with Gasteiger partial charge in [0.15, 0.2) is 0 Å². The zero-order chi connectivity index (χ0) is 17.7. The van der Waals surface area contributed by atoms with Gasteiger partial charge in [-0.2, -0.15) is 0 Å². The topological polar surface area (TPSA) is 67.8 Å². The summed E-state index contributed by atoms with van der Waals surface area (Å²) in [4.78, 5) is 12.4. The van der Waals surface area contributed by atoms with E-state index in [2.05, 4.69) is 5.32 Å². The van der Waals surface area contributed by atoms with Gasteiger partial charge in [0.25, 0.3) is 5.91 Å². The maximum atomic E-state index is 12.4. The third-order valence-corrected chi connectivity index (χ3v) is 3.89. The number of hydrogen-bond acceptors (Lipinski definition) is 4. The van der Waals surface area contributed by atoms with E-state index in [9.17, 15) is 9.90 Å². The molecule has 128 valence electrons. The van der Waals surface area contributed by atoms with Gasteiger partial charge in [-0.3, -0.25) is 4.79 Å². The second-order valence-electron chi connectivity index (χ2n) is 5.65. The van der Waals surface area contributed by atoms with Crippen molar-refractivity contribution in [1.82, 2.24) is 5.32 Å². The molecule has 0 heterocycles. The van der Waals surface area contributed by atoms with Gasteiger partial charge in [0, 0.05) is 17.7 Å². The van der Waals surface area contributed by atoms with Gasteiger partial charge in [0.05, 0.1) is 14.2 Å². The number of carbonyl (C=O) groups excluding carboxylic acids is 1. The average Bonchev–Trinajstić information content (AvgIpc) is 2.60. The monoisotopic (exact) mass is 329 g/mol. The Labute approximate surface area is 142 Å². The first-order valence-corrected chi connectivity index (χ1v) is 7.71. The van der Waals surface area contributed by atoms with Crippen LogP contribution in [-0.2, 0) is 0 Å². The van der Waals surface area contributed by atoms with Crippen molar-refractivity contribution in [3.63, 3.8) is 0 Å². The minimum absolute atomic E-state index is 0.0791. The Morgan fingerprint density at radius 2 is 1.88 bits per heavy atom. The quantitative estimate of drug-likeness (QED) is 0.855. The first kappa shape index (κ1) is 17.8. The van der Waals surface area contributed by atoms with E-state index in [-0.39, 0.29) is 12.5 Å². The minimum Gasteiger partial charge on any atom is -0.497 e. The lowest BCUT2D eigenvalue weighted by Crippen LogP contribution is -2.29. The van der Waals surface area contributed by atoms with Crippen LogP contribution in [0.15, 0.2) is 36.4 Å². The number of rotatable bonds is 6. The molecule has 2 N–H and O–H groups in total. The summed E-state index contributed by atoms with van der Waals surface area (Å²) >= 11 is 0. The number of aryl methyl sites for hydroxylation is 2. The number of aliphatic hydroxyl groups excluding tert-OH is 1. The van der Waals surface area contributed by atoms with Gasteiger partial charge >= 0.3 is 0 Å². The predicted molar refractivity (Wildman–Crippen MR) is 92.8 cm³/mol. The first-order valence-electron chi connectivity index (χ1n) is 7.71. The predicted octanol–water partition coefficient (Wildman–Crippen LogP) is 2.78. The van der Waals surface area contributed by atoms with Crippen LogP contribution < -0.4 is 14.8 Å². The van der Waals surface area contributed by atoms with Gasteiger partial charge < -0.3 is 19.9 Å². The summed E-state index contributed by atoms with van der Waals surface area (Å²) in [6, 6.07) is 10.9. The number of hydrogen-bond donors (Lipinski definition) is 2. The number of carbonyl (C=O) groups is 1. The molecule has 0 aromatic heterocycles. The van der Waals surface area contributed by atoms with Crippen molar-refractivity contribution in [2.75, 3.05) is 20.8 Å². The fourth-order valence-electron chi connectivity index (χ4n) is 2.47. The standard InChI is InChI=1S/C19H23NO4/c1-12-5-6-13(2)15(9-12)19(22)20-11-17(21)16-10-14(23-3)7-8-18(16)24-4/h5-10,17,21H,11H2,1-4H3,(H,20,22). The fourth-order valence-corrected chi connectivity index (χ4v) is 2.47. The fraction of sp³-hybridized carbons (Fsp3) is 0.316. The Hall–Kier alpha value is -2.53. The highest BCUT2D eigenvalue weighted by Gasteiger charge is 2.17. The summed E-state index contributed by atoms with van der Waals surface area (Å²) in [5, 5.41) is 13.2. The molecule has 2 rings (SSSR count). The normalized spacial score (nSPS) is 11.7. The van der Waals surface area contributed by atoms with Crippen molar-refractivity contribution < 1.29 is 19.4 Å². The highest BCUT2D eigenvalue weighted by atomic mass is 16.5. The summed E-state index contributed by atoms with van der Waals surface area (Å²) in [6.45, 7) is 3.90. The molecule has 0 aliphatic heterocycles. The average molecular weight is 329 g/mol. The van der Waals surface area contributed by atoms with Crippen LogP contribution in [0.2, 0.25) is 0 Å². The van der Waals surface area contributed by atoms with Crippen LogP contribution >= 0.6 is 0 Å². The molecule has 1 unspecified atom stereocenters. The zero-order valence-electron chi connectivity index (χ0n) is 14.4. The summed E-state index contributed by atoms with van der Waals surface area (Å²) in [6.07, 6.45) is -0.899. The lowest BCUT2D eigenvalue weighted by molar-refractivity contribution is 0.0914. The van der Waals surface area contributed by atoms with Crippen molar-refractivity contribution in [3.8, 4) is 11.5 Å². The van der Waals surface area contributed by atoms with Crippen molar-refractivity contribution in [1.29, 1.82) is 0 Å². The Morgan fingerprint density at radius 3 is 2.54 bits per heavy atom. The van der Waals surface area contributed by atoms with Gasteiger partial charge in [-0.05, 0) is 43.7 Å². The van der Waals surface area contributed by atoms with Crippen LogP contribution in [0.5, 0.6) is 11.5 Å². The molecular weight excluding hydrogens is 306 g/mol. The Morgan fingerprint density at radius 1 is 1.12 bits per heavy atom. The number of nitrogens with one attached hydrogen (secondary N) is 1. The van der Waals surface area contributed by atoms with E-state index >= 15 is 0 Å². The van der Waals surface area contributed by atoms with E-state index in [1.165, 1.54) is 7.11 Å². The molecular formula is C19H23NO4. The Balaban J connectivity index is 2.11. The molecule has 2 aromatic carbocycles. The maximum Gasteiger partial charge on any atom is 0.251 e. The lowest BCUT2D eigenvalue weighted by atomic mass is 10.0. The van der Waals surface area contributed by atoms with E-state index < -0.39 is 6.10 Å². The van der Waals surface area contributed by atoms with Crippen LogP contribution in [-0.4, -0.2) is 31.8 Å². The summed E-state index contributed by atoms with van der Waals surface area (Å²) in [5.74, 6) is 0.951. The van der Waals surface area contributed by atoms with Gasteiger partial charge in [0.1, 0.15) is 17.6 Å². The minimum atomic E-state index is -0.899. The second kappa shape index (κ2) is 7.84. The highest BCUT2D eigenvalue weighted by molar-refractivity contribution is 5.95. The SMILES string of the molecule is COc1ccc(OC)c(C(O)CNC(=O)c2cc(C)ccc2C)c1. The number of benzene rings is 2. The van der Waals surface area contributed by atoms with Gasteiger partial charge in [-0.25, -0.2) is 0 Å². The number of aliphatic hydroxyl groups is 1. The van der Waals surface area contributed by atoms with Crippen LogP contribution in [0.4, 0.5) is 0 Å². The van der Waals surface area contributed by atoms with Crippen molar-refractivity contribution >= 4 is 5.91 Å². The molecule has 0 bridgehead atoms. The molecule has 0 aliphatic rings. The molecule has 2 aromatic rings. The maximum absolute atomic E-state index is 12.4. The Bertz CT molecular complexity index is 727. The van der Waals surface area contributed by atoms with E-state index in [1.54, 1.807) is 25.3 Å². The summed E-state index contributed by atoms with van der Waals surface area (Å²) < 4.78 is 10.4. The summed E-state index contributed by atoms with van der Waals surface area (Å²) in [5.41, 5.74) is 3.09. The van der Waals surface area contributed by atoms with Crippen molar-refractivity contribution in [2.24, 2.45) is 0 Å². The van der Waals surface area contributed by atoms with Crippen LogP contribution in [0.3, 0.4) is 0 Å². The van der Waals surface area contributed by atoms with Gasteiger partial charge in [-0.1, -0.05) is 17.7 Å². The number of methoxy groups -OCH3 is 2. The molecule has 0 saturated heterocycles. The van der Waals surface area contributed by atoms with E-state index in [0.29, 0.717) is 22.6 Å². The highest BCUT2D eigenvalue weighted by Crippen LogP contribution is 2.29. The van der Waals surface area contributed by atoms with Crippen LogP contribution in [0.25, 0.3) is 0 Å². The van der Waals surface area contributed by atoms with Crippen LogP contribution in [0, 0.1) is 13.8 Å². The molecule has 5 heteroatoms. The summed E-state index contributed by atoms with van der Waals surface area (Å²) in [7, 11) is 3.09. The second-order valence-corrected chi connectivity index (χ2v) is 5.65. The third-order valence-electron chi connectivity index (χ3n) is 3.89. The third kappa shape index (κ3) is 4.06. The van der Waals surface area contributed by atoms with E-state index in [4.69, 9.17) is 9.47 Å². The molecule has 0 fully saturated rings. The van der Waals surface area contributed by atoms with Crippen molar-refractivity contribution in [2.45, 2.75) is 20.0 Å².